The van der Waals surface area contributed by atoms with Gasteiger partial charge >= 0.3 is 0 Å². The monoisotopic (exact) mass is 254 g/mol. The van der Waals surface area contributed by atoms with Crippen molar-refractivity contribution in [3.8, 4) is 0 Å². The molecule has 0 rings (SSSR count). The Kier molecular flexibility index (Phi) is 8.01. The van der Waals surface area contributed by atoms with Crippen LogP contribution in [0.4, 0.5) is 0 Å². The van der Waals surface area contributed by atoms with E-state index < -0.39 is 5.41 Å². The Hall–Kier alpha value is -0.760. The predicted octanol–water partition coefficient (Wildman–Crippen LogP) is 5.02. The molecule has 2 heteroatoms. The molecule has 1 atom stereocenters. The number of unbranched alkanes of at least 4 members (excludes halogenated alkanes) is 2. The van der Waals surface area contributed by atoms with Gasteiger partial charge in [-0.1, -0.05) is 44.9 Å². The highest BCUT2D eigenvalue weighted by Gasteiger charge is 2.31. The molecular weight excluding hydrogens is 224 g/mol. The largest absolute Gasteiger partial charge is 0.512 e. The standard InChI is InChI=1S/C16H30O2/c1-7-9-10-11-14(8-2)12-15(18-6)16(4,5)13(3)17/h12,15,17H,3,7-11H2,1-2,4-6H3/b14-12+/t15-/m0/s1. The van der Waals surface area contributed by atoms with Crippen LogP contribution < -0.4 is 0 Å². The molecule has 0 aliphatic heterocycles. The molecule has 0 aromatic carbocycles. The van der Waals surface area contributed by atoms with E-state index in [4.69, 9.17) is 4.74 Å². The Morgan fingerprint density at radius 2 is 1.94 bits per heavy atom. The lowest BCUT2D eigenvalue weighted by molar-refractivity contribution is 0.0396. The highest BCUT2D eigenvalue weighted by molar-refractivity contribution is 5.13. The SMILES string of the molecule is C=C(O)C(C)(C)[C@H](/C=C(\CC)CCCCC)OC. The zero-order valence-electron chi connectivity index (χ0n) is 12.8. The quantitative estimate of drug-likeness (QED) is 0.356. The summed E-state index contributed by atoms with van der Waals surface area (Å²) >= 11 is 0. The van der Waals surface area contributed by atoms with E-state index in [1.807, 2.05) is 13.8 Å². The normalized spacial score (nSPS) is 14.6. The van der Waals surface area contributed by atoms with Crippen LogP contribution in [0.2, 0.25) is 0 Å². The number of ether oxygens (including phenoxy) is 1. The average molecular weight is 254 g/mol. The van der Waals surface area contributed by atoms with Gasteiger partial charge in [-0.05, 0) is 33.1 Å². The minimum absolute atomic E-state index is 0.119. The molecule has 0 heterocycles. The molecule has 18 heavy (non-hydrogen) atoms. The van der Waals surface area contributed by atoms with Gasteiger partial charge in [0.2, 0.25) is 0 Å². The zero-order chi connectivity index (χ0) is 14.2. The molecule has 0 aliphatic rings. The number of rotatable bonds is 9. The van der Waals surface area contributed by atoms with Crippen molar-refractivity contribution in [3.63, 3.8) is 0 Å². The van der Waals surface area contributed by atoms with Gasteiger partial charge in [0.1, 0.15) is 0 Å². The molecule has 0 unspecified atom stereocenters. The molecule has 0 aromatic rings. The van der Waals surface area contributed by atoms with Crippen LogP contribution in [0.15, 0.2) is 24.0 Å². The molecule has 0 fully saturated rings. The van der Waals surface area contributed by atoms with Gasteiger partial charge < -0.3 is 9.84 Å². The topological polar surface area (TPSA) is 29.5 Å². The summed E-state index contributed by atoms with van der Waals surface area (Å²) < 4.78 is 5.52. The highest BCUT2D eigenvalue weighted by Crippen LogP contribution is 2.31. The van der Waals surface area contributed by atoms with Crippen molar-refractivity contribution in [3.05, 3.63) is 24.0 Å². The summed E-state index contributed by atoms with van der Waals surface area (Å²) in [6.07, 6.45) is 7.95. The minimum atomic E-state index is -0.445. The van der Waals surface area contributed by atoms with Crippen molar-refractivity contribution in [1.29, 1.82) is 0 Å². The summed E-state index contributed by atoms with van der Waals surface area (Å²) in [4.78, 5) is 0. The van der Waals surface area contributed by atoms with Crippen molar-refractivity contribution in [2.75, 3.05) is 7.11 Å². The number of allylic oxidation sites excluding steroid dienone is 1. The van der Waals surface area contributed by atoms with Gasteiger partial charge in [0.25, 0.3) is 0 Å². The van der Waals surface area contributed by atoms with Gasteiger partial charge in [0.05, 0.1) is 17.3 Å². The number of methoxy groups -OCH3 is 1. The minimum Gasteiger partial charge on any atom is -0.512 e. The summed E-state index contributed by atoms with van der Waals surface area (Å²) in [7, 11) is 1.69. The Balaban J connectivity index is 4.77. The fourth-order valence-corrected chi connectivity index (χ4v) is 1.93. The summed E-state index contributed by atoms with van der Waals surface area (Å²) in [5, 5.41) is 9.68. The second-order valence-corrected chi connectivity index (χ2v) is 5.46. The fourth-order valence-electron chi connectivity index (χ4n) is 1.93. The molecule has 0 radical (unpaired) electrons. The van der Waals surface area contributed by atoms with Crippen LogP contribution in [0.25, 0.3) is 0 Å². The number of hydrogen-bond donors (Lipinski definition) is 1. The molecule has 106 valence electrons. The molecule has 0 aliphatic carbocycles. The molecule has 0 spiro atoms. The fraction of sp³-hybridized carbons (Fsp3) is 0.750. The van der Waals surface area contributed by atoms with Gasteiger partial charge in [0, 0.05) is 7.11 Å². The first-order chi connectivity index (χ1) is 8.39. The summed E-state index contributed by atoms with van der Waals surface area (Å²) in [6.45, 7) is 12.0. The molecule has 0 bridgehead atoms. The lowest BCUT2D eigenvalue weighted by Gasteiger charge is -2.31. The van der Waals surface area contributed by atoms with E-state index >= 15 is 0 Å². The van der Waals surface area contributed by atoms with Gasteiger partial charge in [-0.3, -0.25) is 0 Å². The van der Waals surface area contributed by atoms with Gasteiger partial charge in [-0.2, -0.15) is 0 Å². The lowest BCUT2D eigenvalue weighted by atomic mass is 9.83. The van der Waals surface area contributed by atoms with E-state index in [1.165, 1.54) is 24.8 Å². The highest BCUT2D eigenvalue weighted by atomic mass is 16.5. The second-order valence-electron chi connectivity index (χ2n) is 5.46. The van der Waals surface area contributed by atoms with Crippen LogP contribution in [0, 0.1) is 5.41 Å². The molecule has 0 saturated carbocycles. The van der Waals surface area contributed by atoms with Gasteiger partial charge in [-0.15, -0.1) is 0 Å². The average Bonchev–Trinajstić information content (AvgIpc) is 2.33. The molecule has 2 nitrogen and oxygen atoms in total. The third kappa shape index (κ3) is 5.26. The van der Waals surface area contributed by atoms with Crippen LogP contribution in [0.3, 0.4) is 0 Å². The van der Waals surface area contributed by atoms with E-state index in [0.29, 0.717) is 0 Å². The lowest BCUT2D eigenvalue weighted by Crippen LogP contribution is -2.31. The summed E-state index contributed by atoms with van der Waals surface area (Å²) in [5.74, 6) is 0.176. The maximum absolute atomic E-state index is 9.68. The second kappa shape index (κ2) is 8.36. The van der Waals surface area contributed by atoms with E-state index in [2.05, 4.69) is 26.5 Å². The van der Waals surface area contributed by atoms with Crippen molar-refractivity contribution in [2.24, 2.45) is 5.41 Å². The van der Waals surface area contributed by atoms with Crippen molar-refractivity contribution < 1.29 is 9.84 Å². The van der Waals surface area contributed by atoms with E-state index in [9.17, 15) is 5.11 Å². The molecule has 1 N–H and O–H groups in total. The van der Waals surface area contributed by atoms with Crippen molar-refractivity contribution in [2.45, 2.75) is 65.9 Å². The Morgan fingerprint density at radius 3 is 2.33 bits per heavy atom. The summed E-state index contributed by atoms with van der Waals surface area (Å²) in [5.41, 5.74) is 0.963. The maximum Gasteiger partial charge on any atom is 0.0936 e. The molecule has 0 aromatic heterocycles. The number of aliphatic hydroxyl groups excluding tert-OH is 1. The van der Waals surface area contributed by atoms with Crippen LogP contribution >= 0.6 is 0 Å². The number of aliphatic hydroxyl groups is 1. The first-order valence-electron chi connectivity index (χ1n) is 7.00. The third-order valence-corrected chi connectivity index (χ3v) is 3.65. The first kappa shape index (κ1) is 17.2. The Bertz CT molecular complexity index is 277. The smallest absolute Gasteiger partial charge is 0.0936 e. The van der Waals surface area contributed by atoms with E-state index in [-0.39, 0.29) is 11.9 Å². The van der Waals surface area contributed by atoms with Crippen molar-refractivity contribution >= 4 is 0 Å². The number of hydrogen-bond acceptors (Lipinski definition) is 2. The van der Waals surface area contributed by atoms with Crippen molar-refractivity contribution in [1.82, 2.24) is 0 Å². The first-order valence-corrected chi connectivity index (χ1v) is 7.00. The van der Waals surface area contributed by atoms with E-state index in [1.54, 1.807) is 7.11 Å². The van der Waals surface area contributed by atoms with Crippen LogP contribution in [0.1, 0.15) is 59.8 Å². The van der Waals surface area contributed by atoms with Gasteiger partial charge in [0.15, 0.2) is 0 Å². The van der Waals surface area contributed by atoms with Crippen LogP contribution in [-0.4, -0.2) is 18.3 Å². The zero-order valence-corrected chi connectivity index (χ0v) is 12.8. The molecule has 0 saturated heterocycles. The van der Waals surface area contributed by atoms with Crippen LogP contribution in [-0.2, 0) is 4.74 Å². The van der Waals surface area contributed by atoms with Crippen LogP contribution in [0.5, 0.6) is 0 Å². The Labute approximate surface area is 113 Å². The molecule has 0 amide bonds. The predicted molar refractivity (Wildman–Crippen MR) is 78.9 cm³/mol. The molecular formula is C16H30O2. The third-order valence-electron chi connectivity index (χ3n) is 3.65. The maximum atomic E-state index is 9.68. The Morgan fingerprint density at radius 1 is 1.33 bits per heavy atom. The summed E-state index contributed by atoms with van der Waals surface area (Å²) in [6, 6.07) is 0. The van der Waals surface area contributed by atoms with E-state index in [0.717, 1.165) is 12.8 Å². The van der Waals surface area contributed by atoms with Gasteiger partial charge in [-0.25, -0.2) is 0 Å².